The second-order valence-electron chi connectivity index (χ2n) is 10.5. The number of hydrogen-bond donors (Lipinski definition) is 4. The number of carbonyl (C=O) groups is 1. The lowest BCUT2D eigenvalue weighted by atomic mass is 10.0. The summed E-state index contributed by atoms with van der Waals surface area (Å²) in [6.45, 7) is 5.48. The first-order valence-corrected chi connectivity index (χ1v) is 13.8. The van der Waals surface area contributed by atoms with Crippen LogP contribution in [0.5, 0.6) is 5.75 Å². The number of anilines is 1. The van der Waals surface area contributed by atoms with Gasteiger partial charge in [0, 0.05) is 55.7 Å². The van der Waals surface area contributed by atoms with Crippen LogP contribution in [0.25, 0.3) is 33.5 Å². The molecule has 208 valence electrons. The second-order valence-corrected chi connectivity index (χ2v) is 10.5. The van der Waals surface area contributed by atoms with Gasteiger partial charge in [0.25, 0.3) is 11.5 Å². The molecule has 0 atom stereocenters. The first-order chi connectivity index (χ1) is 19.9. The highest BCUT2D eigenvalue weighted by atomic mass is 16.3. The van der Waals surface area contributed by atoms with E-state index in [4.69, 9.17) is 0 Å². The van der Waals surface area contributed by atoms with E-state index >= 15 is 0 Å². The Morgan fingerprint density at radius 2 is 1.78 bits per heavy atom. The van der Waals surface area contributed by atoms with Gasteiger partial charge in [-0.3, -0.25) is 9.59 Å². The Bertz CT molecular complexity index is 1750. The number of imidazole rings is 1. The third-order valence-corrected chi connectivity index (χ3v) is 7.65. The number of phenols is 1. The van der Waals surface area contributed by atoms with Gasteiger partial charge < -0.3 is 30.2 Å². The number of nitrogens with zero attached hydrogens (tertiary/aromatic N) is 3. The molecule has 9 nitrogen and oxygen atoms in total. The lowest BCUT2D eigenvalue weighted by molar-refractivity contribution is 0.102. The Hall–Kier alpha value is -4.73. The van der Waals surface area contributed by atoms with Crippen LogP contribution in [0.2, 0.25) is 0 Å². The number of piperazine rings is 1. The molecule has 1 amide bonds. The maximum atomic E-state index is 13.0. The number of amides is 1. The smallest absolute Gasteiger partial charge is 0.255 e. The van der Waals surface area contributed by atoms with Gasteiger partial charge in [0.2, 0.25) is 0 Å². The molecule has 3 aromatic carbocycles. The van der Waals surface area contributed by atoms with Crippen LogP contribution >= 0.6 is 0 Å². The molecule has 3 heterocycles. The number of phenolic OH excluding ortho intramolecular Hbond substituents is 1. The minimum absolute atomic E-state index is 0.0325. The number of fused-ring (bicyclic) bond motifs is 1. The second kappa shape index (κ2) is 11.4. The van der Waals surface area contributed by atoms with Crippen molar-refractivity contribution in [1.82, 2.24) is 24.8 Å². The number of pyridine rings is 1. The molecule has 4 N–H and O–H groups in total. The van der Waals surface area contributed by atoms with E-state index in [-0.39, 0.29) is 17.2 Å². The van der Waals surface area contributed by atoms with Crippen LogP contribution < -0.4 is 10.9 Å². The molecule has 0 bridgehead atoms. The molecule has 0 unspecified atom stereocenters. The summed E-state index contributed by atoms with van der Waals surface area (Å²) in [5, 5.41) is 13.5. The lowest BCUT2D eigenvalue weighted by Crippen LogP contribution is -2.45. The summed E-state index contributed by atoms with van der Waals surface area (Å²) in [5.74, 6) is 0.253. The molecule has 0 spiro atoms. The Morgan fingerprint density at radius 3 is 2.56 bits per heavy atom. The third kappa shape index (κ3) is 5.91. The van der Waals surface area contributed by atoms with Crippen LogP contribution in [0.1, 0.15) is 15.9 Å². The fourth-order valence-corrected chi connectivity index (χ4v) is 5.14. The van der Waals surface area contributed by atoms with E-state index in [0.717, 1.165) is 44.8 Å². The molecular formula is C32H32N6O3. The van der Waals surface area contributed by atoms with Gasteiger partial charge >= 0.3 is 0 Å². The summed E-state index contributed by atoms with van der Waals surface area (Å²) in [6.07, 6.45) is 2.56. The van der Waals surface area contributed by atoms with E-state index in [9.17, 15) is 14.7 Å². The largest absolute Gasteiger partial charge is 0.507 e. The maximum absolute atomic E-state index is 13.0. The van der Waals surface area contributed by atoms with E-state index < -0.39 is 0 Å². The first-order valence-electron chi connectivity index (χ1n) is 13.8. The van der Waals surface area contributed by atoms with Crippen molar-refractivity contribution >= 4 is 22.6 Å². The van der Waals surface area contributed by atoms with Crippen LogP contribution in [-0.4, -0.2) is 75.5 Å². The monoisotopic (exact) mass is 548 g/mol. The normalized spacial score (nSPS) is 14.4. The SMILES string of the molecule is CN1CCN(CCc2ccc(NC(=O)c3ccc4nc(-c5cc(-c6ccc[nH]c6=O)ccc5O)[nH]c4c3)cc2)CC1. The van der Waals surface area contributed by atoms with E-state index in [1.165, 1.54) is 5.56 Å². The summed E-state index contributed by atoms with van der Waals surface area (Å²) in [5.41, 5.74) is 5.18. The number of nitrogens with one attached hydrogen (secondary N) is 3. The van der Waals surface area contributed by atoms with Gasteiger partial charge in [-0.25, -0.2) is 4.98 Å². The maximum Gasteiger partial charge on any atom is 0.255 e. The summed E-state index contributed by atoms with van der Waals surface area (Å²) in [4.78, 5) is 40.6. The fraction of sp³-hybridized carbons (Fsp3) is 0.219. The van der Waals surface area contributed by atoms with Crippen molar-refractivity contribution in [1.29, 1.82) is 0 Å². The van der Waals surface area contributed by atoms with Gasteiger partial charge in [0.1, 0.15) is 11.6 Å². The fourth-order valence-electron chi connectivity index (χ4n) is 5.14. The molecule has 0 radical (unpaired) electrons. The number of hydrogen-bond acceptors (Lipinski definition) is 6. The van der Waals surface area contributed by atoms with Crippen LogP contribution in [0.3, 0.4) is 0 Å². The summed E-state index contributed by atoms with van der Waals surface area (Å²) in [7, 11) is 2.16. The van der Waals surface area contributed by atoms with Crippen LogP contribution in [0.4, 0.5) is 5.69 Å². The van der Waals surface area contributed by atoms with Gasteiger partial charge in [-0.05, 0) is 79.2 Å². The van der Waals surface area contributed by atoms with E-state index in [1.54, 1.807) is 54.7 Å². The highest BCUT2D eigenvalue weighted by Gasteiger charge is 2.15. The van der Waals surface area contributed by atoms with E-state index in [1.807, 2.05) is 12.1 Å². The highest BCUT2D eigenvalue weighted by molar-refractivity contribution is 6.06. The minimum atomic E-state index is -0.221. The number of benzene rings is 3. The van der Waals surface area contributed by atoms with Gasteiger partial charge in [0.15, 0.2) is 0 Å². The van der Waals surface area contributed by atoms with Crippen molar-refractivity contribution in [3.63, 3.8) is 0 Å². The number of aromatic hydroxyl groups is 1. The minimum Gasteiger partial charge on any atom is -0.507 e. The Kier molecular flexibility index (Phi) is 7.37. The van der Waals surface area contributed by atoms with Crippen molar-refractivity contribution in [2.75, 3.05) is 45.1 Å². The predicted molar refractivity (Wildman–Crippen MR) is 161 cm³/mol. The van der Waals surface area contributed by atoms with E-state index in [0.29, 0.717) is 39.1 Å². The molecule has 41 heavy (non-hydrogen) atoms. The van der Waals surface area contributed by atoms with E-state index in [2.05, 4.69) is 49.2 Å². The zero-order valence-electron chi connectivity index (χ0n) is 22.9. The average molecular weight is 549 g/mol. The number of likely N-dealkylation sites (N-methyl/N-ethyl adjacent to an activating group) is 1. The summed E-state index contributed by atoms with van der Waals surface area (Å²) >= 11 is 0. The zero-order chi connectivity index (χ0) is 28.3. The number of aromatic nitrogens is 3. The van der Waals surface area contributed by atoms with Crippen LogP contribution in [0, 0.1) is 0 Å². The average Bonchev–Trinajstić information content (AvgIpc) is 3.41. The summed E-state index contributed by atoms with van der Waals surface area (Å²) in [6, 6.07) is 21.7. The zero-order valence-corrected chi connectivity index (χ0v) is 22.9. The lowest BCUT2D eigenvalue weighted by Gasteiger charge is -2.32. The van der Waals surface area contributed by atoms with Crippen molar-refractivity contribution < 1.29 is 9.90 Å². The molecule has 9 heteroatoms. The first kappa shape index (κ1) is 26.5. The topological polar surface area (TPSA) is 117 Å². The number of aromatic amines is 2. The molecule has 2 aromatic heterocycles. The molecule has 1 aliphatic heterocycles. The van der Waals surface area contributed by atoms with Gasteiger partial charge in [-0.1, -0.05) is 18.2 Å². The number of H-pyrrole nitrogens is 2. The Balaban J connectivity index is 1.15. The summed E-state index contributed by atoms with van der Waals surface area (Å²) < 4.78 is 0. The number of carbonyl (C=O) groups excluding carboxylic acids is 1. The predicted octanol–water partition coefficient (Wildman–Crippen LogP) is 4.33. The molecule has 5 aromatic rings. The third-order valence-electron chi connectivity index (χ3n) is 7.65. The van der Waals surface area contributed by atoms with Crippen LogP contribution in [-0.2, 0) is 6.42 Å². The quantitative estimate of drug-likeness (QED) is 0.241. The standard InChI is InChI=1S/C32H32N6O3/c1-37-15-17-38(18-16-37)14-12-21-4-8-24(9-5-21)34-31(40)23-6-10-27-28(20-23)36-30(35-27)26-19-22(7-11-29(26)39)25-3-2-13-33-32(25)41/h2-11,13,19-20,39H,12,14-18H2,1H3,(H,33,41)(H,34,40)(H,35,36). The molecule has 0 aliphatic carbocycles. The van der Waals surface area contributed by atoms with Crippen molar-refractivity contribution in [3.8, 4) is 28.3 Å². The number of rotatable bonds is 7. The molecule has 1 fully saturated rings. The van der Waals surface area contributed by atoms with Gasteiger partial charge in [-0.2, -0.15) is 0 Å². The Morgan fingerprint density at radius 1 is 0.976 bits per heavy atom. The molecular weight excluding hydrogens is 516 g/mol. The molecule has 1 aliphatic rings. The molecule has 0 saturated carbocycles. The molecule has 6 rings (SSSR count). The highest BCUT2D eigenvalue weighted by Crippen LogP contribution is 2.32. The van der Waals surface area contributed by atoms with Gasteiger partial charge in [0.05, 0.1) is 16.6 Å². The van der Waals surface area contributed by atoms with Crippen molar-refractivity contribution in [3.05, 3.63) is 100 Å². The van der Waals surface area contributed by atoms with Crippen LogP contribution in [0.15, 0.2) is 83.8 Å². The molecule has 1 saturated heterocycles. The Labute approximate surface area is 237 Å². The van der Waals surface area contributed by atoms with Crippen molar-refractivity contribution in [2.24, 2.45) is 0 Å². The van der Waals surface area contributed by atoms with Crippen molar-refractivity contribution in [2.45, 2.75) is 6.42 Å². The van der Waals surface area contributed by atoms with Gasteiger partial charge in [-0.15, -0.1) is 0 Å².